The van der Waals surface area contributed by atoms with Gasteiger partial charge in [-0.3, -0.25) is 4.98 Å². The van der Waals surface area contributed by atoms with E-state index in [1.807, 2.05) is 6.07 Å². The fourth-order valence-corrected chi connectivity index (χ4v) is 1.28. The van der Waals surface area contributed by atoms with Crippen molar-refractivity contribution in [3.8, 4) is 0 Å². The van der Waals surface area contributed by atoms with Crippen molar-refractivity contribution in [3.05, 3.63) is 42.1 Å². The fourth-order valence-electron chi connectivity index (χ4n) is 1.28. The standard InChI is InChI=1S/C10H7NO2.Na/c12-10(13)8-5-6-11-9-4-2-1-3-7(8)9;/h1-6H,(H,12,13);. The summed E-state index contributed by atoms with van der Waals surface area (Å²) in [5.74, 6) is -0.918. The van der Waals surface area contributed by atoms with Crippen LogP contribution in [0.5, 0.6) is 0 Å². The number of rotatable bonds is 1. The Morgan fingerprint density at radius 1 is 1.21 bits per heavy atom. The van der Waals surface area contributed by atoms with E-state index in [1.54, 1.807) is 18.2 Å². The summed E-state index contributed by atoms with van der Waals surface area (Å²) in [7, 11) is 0. The zero-order chi connectivity index (χ0) is 9.26. The molecule has 2 rings (SSSR count). The molecule has 0 aliphatic heterocycles. The Hall–Kier alpha value is -0.900. The van der Waals surface area contributed by atoms with Gasteiger partial charge in [0.2, 0.25) is 0 Å². The molecule has 0 amide bonds. The third kappa shape index (κ3) is 1.95. The minimum atomic E-state index is -0.918. The molecule has 1 radical (unpaired) electrons. The van der Waals surface area contributed by atoms with E-state index in [0.717, 1.165) is 0 Å². The molecular weight excluding hydrogens is 189 g/mol. The van der Waals surface area contributed by atoms with E-state index < -0.39 is 5.97 Å². The molecule has 2 aromatic rings. The number of benzene rings is 1. The maximum Gasteiger partial charge on any atom is 0.336 e. The summed E-state index contributed by atoms with van der Waals surface area (Å²) in [6, 6.07) is 8.69. The average molecular weight is 196 g/mol. The van der Waals surface area contributed by atoms with Gasteiger partial charge in [-0.05, 0) is 12.1 Å². The maximum absolute atomic E-state index is 10.8. The second-order valence-corrected chi connectivity index (χ2v) is 2.68. The minimum absolute atomic E-state index is 0. The van der Waals surface area contributed by atoms with E-state index in [1.165, 1.54) is 12.3 Å². The van der Waals surface area contributed by atoms with Crippen molar-refractivity contribution < 1.29 is 9.90 Å². The molecule has 0 aliphatic rings. The van der Waals surface area contributed by atoms with E-state index in [0.29, 0.717) is 16.5 Å². The Morgan fingerprint density at radius 2 is 1.93 bits per heavy atom. The molecule has 3 nitrogen and oxygen atoms in total. The van der Waals surface area contributed by atoms with Gasteiger partial charge in [0.25, 0.3) is 0 Å². The van der Waals surface area contributed by atoms with Crippen LogP contribution in [0.25, 0.3) is 10.9 Å². The van der Waals surface area contributed by atoms with Crippen LogP contribution >= 0.6 is 0 Å². The molecule has 14 heavy (non-hydrogen) atoms. The SMILES string of the molecule is O=C(O)c1ccnc2ccccc12.[Na]. The Bertz CT molecular complexity index is 465. The molecule has 1 N–H and O–H groups in total. The molecule has 0 spiro atoms. The summed E-state index contributed by atoms with van der Waals surface area (Å²) in [5, 5.41) is 9.53. The van der Waals surface area contributed by atoms with Crippen molar-refractivity contribution >= 4 is 46.4 Å². The quantitative estimate of drug-likeness (QED) is 0.704. The number of carboxylic acids is 1. The predicted molar refractivity (Wildman–Crippen MR) is 54.5 cm³/mol. The molecule has 0 unspecified atom stereocenters. The number of carbonyl (C=O) groups is 1. The van der Waals surface area contributed by atoms with Crippen molar-refractivity contribution in [2.24, 2.45) is 0 Å². The largest absolute Gasteiger partial charge is 0.478 e. The van der Waals surface area contributed by atoms with Gasteiger partial charge in [0.1, 0.15) is 0 Å². The summed E-state index contributed by atoms with van der Waals surface area (Å²) in [6.07, 6.45) is 1.51. The van der Waals surface area contributed by atoms with Crippen LogP contribution in [-0.4, -0.2) is 45.6 Å². The Labute approximate surface area is 103 Å². The van der Waals surface area contributed by atoms with Crippen LogP contribution in [0.4, 0.5) is 0 Å². The molecule has 0 saturated heterocycles. The topological polar surface area (TPSA) is 50.2 Å². The predicted octanol–water partition coefficient (Wildman–Crippen LogP) is 1.55. The van der Waals surface area contributed by atoms with Gasteiger partial charge < -0.3 is 5.11 Å². The second kappa shape index (κ2) is 4.55. The van der Waals surface area contributed by atoms with E-state index in [-0.39, 0.29) is 29.6 Å². The Kier molecular flexibility index (Phi) is 3.63. The van der Waals surface area contributed by atoms with E-state index >= 15 is 0 Å². The third-order valence-electron chi connectivity index (χ3n) is 1.88. The third-order valence-corrected chi connectivity index (χ3v) is 1.88. The molecule has 0 saturated carbocycles. The van der Waals surface area contributed by atoms with Crippen LogP contribution in [0.1, 0.15) is 10.4 Å². The van der Waals surface area contributed by atoms with Crippen molar-refractivity contribution in [2.75, 3.05) is 0 Å². The Balaban J connectivity index is 0.000000980. The van der Waals surface area contributed by atoms with Crippen LogP contribution in [0, 0.1) is 0 Å². The number of fused-ring (bicyclic) bond motifs is 1. The number of aromatic nitrogens is 1. The minimum Gasteiger partial charge on any atom is -0.478 e. The molecule has 0 atom stereocenters. The zero-order valence-corrected chi connectivity index (χ0v) is 9.77. The molecule has 1 aromatic carbocycles. The molecule has 0 bridgehead atoms. The number of para-hydroxylation sites is 1. The molecule has 0 fully saturated rings. The van der Waals surface area contributed by atoms with Gasteiger partial charge in [0.05, 0.1) is 11.1 Å². The van der Waals surface area contributed by atoms with E-state index in [4.69, 9.17) is 5.11 Å². The maximum atomic E-state index is 10.8. The number of aromatic carboxylic acids is 1. The number of nitrogens with zero attached hydrogens (tertiary/aromatic N) is 1. The summed E-state index contributed by atoms with van der Waals surface area (Å²) in [6.45, 7) is 0. The van der Waals surface area contributed by atoms with Crippen molar-refractivity contribution in [1.29, 1.82) is 0 Å². The first kappa shape index (κ1) is 11.2. The number of hydrogen-bond donors (Lipinski definition) is 1. The van der Waals surface area contributed by atoms with E-state index in [2.05, 4.69) is 4.98 Å². The monoisotopic (exact) mass is 196 g/mol. The molecule has 1 heterocycles. The second-order valence-electron chi connectivity index (χ2n) is 2.68. The van der Waals surface area contributed by atoms with Gasteiger partial charge in [-0.25, -0.2) is 4.79 Å². The van der Waals surface area contributed by atoms with Crippen molar-refractivity contribution in [1.82, 2.24) is 4.98 Å². The van der Waals surface area contributed by atoms with Gasteiger partial charge in [0, 0.05) is 41.1 Å². The fraction of sp³-hybridized carbons (Fsp3) is 0. The number of hydrogen-bond acceptors (Lipinski definition) is 2. The van der Waals surface area contributed by atoms with Gasteiger partial charge >= 0.3 is 5.97 Å². The molecule has 65 valence electrons. The smallest absolute Gasteiger partial charge is 0.336 e. The first-order valence-corrected chi connectivity index (χ1v) is 3.86. The molecule has 4 heteroatoms. The van der Waals surface area contributed by atoms with E-state index in [9.17, 15) is 4.79 Å². The summed E-state index contributed by atoms with van der Waals surface area (Å²) >= 11 is 0. The van der Waals surface area contributed by atoms with Crippen LogP contribution in [0.15, 0.2) is 36.5 Å². The first-order valence-electron chi connectivity index (χ1n) is 3.86. The summed E-state index contributed by atoms with van der Waals surface area (Å²) in [5.41, 5.74) is 1.01. The first-order chi connectivity index (χ1) is 6.29. The van der Waals surface area contributed by atoms with Gasteiger partial charge in [-0.15, -0.1) is 0 Å². The van der Waals surface area contributed by atoms with Crippen LogP contribution in [-0.2, 0) is 0 Å². The van der Waals surface area contributed by atoms with Gasteiger partial charge in [-0.1, -0.05) is 18.2 Å². The average Bonchev–Trinajstić information content (AvgIpc) is 2.17. The summed E-state index contributed by atoms with van der Waals surface area (Å²) in [4.78, 5) is 14.8. The summed E-state index contributed by atoms with van der Waals surface area (Å²) < 4.78 is 0. The van der Waals surface area contributed by atoms with Gasteiger partial charge in [-0.2, -0.15) is 0 Å². The zero-order valence-electron chi connectivity index (χ0n) is 7.77. The molecular formula is C10H7NNaO2. The van der Waals surface area contributed by atoms with Crippen molar-refractivity contribution in [3.63, 3.8) is 0 Å². The van der Waals surface area contributed by atoms with Crippen molar-refractivity contribution in [2.45, 2.75) is 0 Å². The number of carboxylic acid groups (broad SMARTS) is 1. The Morgan fingerprint density at radius 3 is 2.64 bits per heavy atom. The van der Waals surface area contributed by atoms with Crippen LogP contribution in [0.3, 0.4) is 0 Å². The normalized spacial score (nSPS) is 9.43. The van der Waals surface area contributed by atoms with Crippen LogP contribution < -0.4 is 0 Å². The van der Waals surface area contributed by atoms with Crippen LogP contribution in [0.2, 0.25) is 0 Å². The molecule has 1 aromatic heterocycles. The number of pyridine rings is 1. The molecule has 0 aliphatic carbocycles. The van der Waals surface area contributed by atoms with Gasteiger partial charge in [0.15, 0.2) is 0 Å².